The van der Waals surface area contributed by atoms with Crippen LogP contribution in [0.5, 0.6) is 0 Å². The van der Waals surface area contributed by atoms with E-state index in [1.165, 1.54) is 5.20 Å². The number of rotatable bonds is 5. The predicted octanol–water partition coefficient (Wildman–Crippen LogP) is 3.33. The van der Waals surface area contributed by atoms with E-state index >= 15 is 0 Å². The number of carbonyl (C=O) groups excluding carboxylic acids is 2. The van der Waals surface area contributed by atoms with Gasteiger partial charge >= 0.3 is 11.9 Å². The normalized spacial score (nSPS) is 21.4. The Kier molecular flexibility index (Phi) is 5.79. The number of allylic oxidation sites excluding steroid dienone is 2. The summed E-state index contributed by atoms with van der Waals surface area (Å²) in [6.45, 7) is 12.9. The Labute approximate surface area is 128 Å². The summed E-state index contributed by atoms with van der Waals surface area (Å²) in [6, 6.07) is 0. The van der Waals surface area contributed by atoms with E-state index in [1.807, 2.05) is 6.92 Å². The van der Waals surface area contributed by atoms with Gasteiger partial charge in [0.25, 0.3) is 0 Å². The van der Waals surface area contributed by atoms with E-state index < -0.39 is 25.4 Å². The molecule has 120 valence electrons. The van der Waals surface area contributed by atoms with Crippen LogP contribution < -0.4 is 0 Å². The monoisotopic (exact) mass is 312 g/mol. The fourth-order valence-electron chi connectivity index (χ4n) is 2.86. The van der Waals surface area contributed by atoms with Gasteiger partial charge in [0.05, 0.1) is 21.3 Å². The Bertz CT molecular complexity index is 416. The Morgan fingerprint density at radius 2 is 1.67 bits per heavy atom. The number of esters is 2. The van der Waals surface area contributed by atoms with Crippen LogP contribution in [0.15, 0.2) is 11.3 Å². The van der Waals surface area contributed by atoms with Gasteiger partial charge in [-0.2, -0.15) is 0 Å². The lowest BCUT2D eigenvalue weighted by Crippen LogP contribution is -2.49. The maximum atomic E-state index is 12.5. The first kappa shape index (κ1) is 17.9. The van der Waals surface area contributed by atoms with Gasteiger partial charge in [-0.15, -0.1) is 0 Å². The molecular weight excluding hydrogens is 284 g/mol. The summed E-state index contributed by atoms with van der Waals surface area (Å²) in [5, 5.41) is 1.42. The predicted molar refractivity (Wildman–Crippen MR) is 85.5 cm³/mol. The molecule has 1 atom stereocenters. The van der Waals surface area contributed by atoms with Gasteiger partial charge in [0.2, 0.25) is 0 Å². The maximum absolute atomic E-state index is 12.5. The molecule has 5 heteroatoms. The smallest absolute Gasteiger partial charge is 0.324 e. The average Bonchev–Trinajstić information content (AvgIpc) is 2.38. The summed E-state index contributed by atoms with van der Waals surface area (Å²) < 4.78 is 10.4. The number of ether oxygens (including phenoxy) is 2. The molecule has 0 N–H and O–H groups in total. The summed E-state index contributed by atoms with van der Waals surface area (Å²) in [5.74, 6) is -0.981. The highest BCUT2D eigenvalue weighted by molar-refractivity contribution is 6.83. The highest BCUT2D eigenvalue weighted by Crippen LogP contribution is 2.44. The van der Waals surface area contributed by atoms with E-state index in [1.54, 1.807) is 13.8 Å². The molecule has 0 heterocycles. The lowest BCUT2D eigenvalue weighted by Gasteiger charge is -2.39. The second kappa shape index (κ2) is 6.77. The van der Waals surface area contributed by atoms with Crippen LogP contribution in [0.1, 0.15) is 33.6 Å². The second-order valence-electron chi connectivity index (χ2n) is 6.70. The summed E-state index contributed by atoms with van der Waals surface area (Å²) in [5.41, 5.74) is -1.17. The topological polar surface area (TPSA) is 52.6 Å². The first-order valence-corrected chi connectivity index (χ1v) is 11.2. The molecule has 0 aromatic heterocycles. The molecule has 1 unspecified atom stereocenters. The van der Waals surface area contributed by atoms with Crippen molar-refractivity contribution >= 4 is 20.0 Å². The molecule has 0 aromatic rings. The van der Waals surface area contributed by atoms with Crippen LogP contribution in [0.4, 0.5) is 0 Å². The Balaban J connectivity index is 3.18. The van der Waals surface area contributed by atoms with Crippen molar-refractivity contribution in [1.82, 2.24) is 0 Å². The van der Waals surface area contributed by atoms with Gasteiger partial charge < -0.3 is 9.47 Å². The van der Waals surface area contributed by atoms with Crippen LogP contribution in [-0.4, -0.2) is 33.2 Å². The van der Waals surface area contributed by atoms with Crippen molar-refractivity contribution in [3.63, 3.8) is 0 Å². The third kappa shape index (κ3) is 3.57. The number of hydrogen-bond donors (Lipinski definition) is 0. The van der Waals surface area contributed by atoms with Crippen LogP contribution in [0.3, 0.4) is 0 Å². The molecule has 0 saturated carbocycles. The molecule has 4 nitrogen and oxygen atoms in total. The van der Waals surface area contributed by atoms with E-state index in [2.05, 4.69) is 25.7 Å². The van der Waals surface area contributed by atoms with Crippen LogP contribution >= 0.6 is 0 Å². The third-order valence-electron chi connectivity index (χ3n) is 4.28. The van der Waals surface area contributed by atoms with Gasteiger partial charge in [-0.3, -0.25) is 9.59 Å². The van der Waals surface area contributed by atoms with Crippen LogP contribution in [0.2, 0.25) is 19.6 Å². The van der Waals surface area contributed by atoms with Gasteiger partial charge in [0.15, 0.2) is 5.41 Å². The van der Waals surface area contributed by atoms with Crippen molar-refractivity contribution in [3.05, 3.63) is 11.3 Å². The van der Waals surface area contributed by atoms with Gasteiger partial charge in [-0.1, -0.05) is 37.8 Å². The molecule has 0 spiro atoms. The fourth-order valence-corrected chi connectivity index (χ4v) is 4.49. The largest absolute Gasteiger partial charge is 0.465 e. The van der Waals surface area contributed by atoms with Crippen LogP contribution in [-0.2, 0) is 19.1 Å². The molecule has 0 radical (unpaired) electrons. The van der Waals surface area contributed by atoms with Gasteiger partial charge in [-0.25, -0.2) is 0 Å². The van der Waals surface area contributed by atoms with Crippen LogP contribution in [0, 0.1) is 11.3 Å². The summed E-state index contributed by atoms with van der Waals surface area (Å²) in [7, 11) is -1.41. The standard InChI is InChI=1S/C16H28O4Si/c1-7-19-14(17)16(15(18)20-8-2)10-9-13(11-12(16)3)21(4,5)6/h9,12H,7-8,10-11H2,1-6H3. The minimum Gasteiger partial charge on any atom is -0.465 e. The van der Waals surface area contributed by atoms with E-state index in [0.717, 1.165) is 6.42 Å². The first-order chi connectivity index (χ1) is 9.70. The van der Waals surface area contributed by atoms with Crippen molar-refractivity contribution in [1.29, 1.82) is 0 Å². The highest BCUT2D eigenvalue weighted by atomic mass is 28.3. The van der Waals surface area contributed by atoms with E-state index in [0.29, 0.717) is 6.42 Å². The molecule has 0 aromatic carbocycles. The fraction of sp³-hybridized carbons (Fsp3) is 0.750. The van der Waals surface area contributed by atoms with Crippen molar-refractivity contribution in [2.75, 3.05) is 13.2 Å². The molecule has 0 aliphatic heterocycles. The minimum absolute atomic E-state index is 0.0951. The van der Waals surface area contributed by atoms with Crippen molar-refractivity contribution in [2.24, 2.45) is 11.3 Å². The Morgan fingerprint density at radius 1 is 1.19 bits per heavy atom. The average molecular weight is 312 g/mol. The molecule has 0 saturated heterocycles. The molecule has 0 amide bonds. The SMILES string of the molecule is CCOC(=O)C1(C(=O)OCC)CC=C([Si](C)(C)C)CC1C. The Hall–Kier alpha value is -1.10. The Morgan fingerprint density at radius 3 is 2.00 bits per heavy atom. The molecule has 21 heavy (non-hydrogen) atoms. The third-order valence-corrected chi connectivity index (χ3v) is 6.62. The van der Waals surface area contributed by atoms with E-state index in [9.17, 15) is 9.59 Å². The van der Waals surface area contributed by atoms with Gasteiger partial charge in [0.1, 0.15) is 0 Å². The van der Waals surface area contributed by atoms with Crippen molar-refractivity contribution in [3.8, 4) is 0 Å². The minimum atomic E-state index is -1.41. The van der Waals surface area contributed by atoms with E-state index in [4.69, 9.17) is 9.47 Å². The highest BCUT2D eigenvalue weighted by Gasteiger charge is 2.54. The summed E-state index contributed by atoms with van der Waals surface area (Å²) in [4.78, 5) is 24.9. The molecule has 1 rings (SSSR count). The van der Waals surface area contributed by atoms with Gasteiger partial charge in [-0.05, 0) is 32.6 Å². The quantitative estimate of drug-likeness (QED) is 0.444. The summed E-state index contributed by atoms with van der Waals surface area (Å²) in [6.07, 6.45) is 3.25. The lowest BCUT2D eigenvalue weighted by molar-refractivity contribution is -0.176. The van der Waals surface area contributed by atoms with Crippen molar-refractivity contribution < 1.29 is 19.1 Å². The number of carbonyl (C=O) groups is 2. The molecule has 0 bridgehead atoms. The molecule has 1 aliphatic rings. The second-order valence-corrected chi connectivity index (χ2v) is 11.8. The van der Waals surface area contributed by atoms with Crippen LogP contribution in [0.25, 0.3) is 0 Å². The zero-order valence-electron chi connectivity index (χ0n) is 14.1. The van der Waals surface area contributed by atoms with Crippen molar-refractivity contribution in [2.45, 2.75) is 53.3 Å². The summed E-state index contributed by atoms with van der Waals surface area (Å²) >= 11 is 0. The maximum Gasteiger partial charge on any atom is 0.324 e. The molecular formula is C16H28O4Si. The lowest BCUT2D eigenvalue weighted by atomic mass is 9.69. The van der Waals surface area contributed by atoms with Gasteiger partial charge in [0, 0.05) is 0 Å². The first-order valence-electron chi connectivity index (χ1n) is 7.74. The molecule has 0 fully saturated rings. The number of hydrogen-bond acceptors (Lipinski definition) is 4. The van der Waals surface area contributed by atoms with E-state index in [-0.39, 0.29) is 19.1 Å². The zero-order chi connectivity index (χ0) is 16.3. The molecule has 1 aliphatic carbocycles. The zero-order valence-corrected chi connectivity index (χ0v) is 15.1.